The second-order valence-electron chi connectivity index (χ2n) is 5.77. The molecule has 4 heteroatoms. The van der Waals surface area contributed by atoms with Crippen LogP contribution in [0.5, 0.6) is 5.75 Å². The molecule has 0 amide bonds. The highest BCUT2D eigenvalue weighted by Crippen LogP contribution is 2.21. The zero-order valence-corrected chi connectivity index (χ0v) is 14.8. The summed E-state index contributed by atoms with van der Waals surface area (Å²) in [5, 5.41) is 12.1. The summed E-state index contributed by atoms with van der Waals surface area (Å²) < 4.78 is 5.47. The van der Waals surface area contributed by atoms with Crippen LogP contribution in [-0.2, 0) is 0 Å². The second kappa shape index (κ2) is 9.06. The Kier molecular flexibility index (Phi) is 6.79. The number of pyridine rings is 1. The Morgan fingerprint density at radius 3 is 2.54 bits per heavy atom. The fraction of sp³-hybridized carbons (Fsp3) is 0.400. The molecule has 0 bridgehead atoms. The second-order valence-corrected chi connectivity index (χ2v) is 5.77. The average molecular weight is 325 g/mol. The highest BCUT2D eigenvalue weighted by molar-refractivity contribution is 6.13. The van der Waals surface area contributed by atoms with Gasteiger partial charge in [0.1, 0.15) is 11.6 Å². The number of nitrogens with zero attached hydrogens (tertiary/aromatic N) is 1. The number of hydrogen-bond donors (Lipinski definition) is 2. The highest BCUT2D eigenvalue weighted by atomic mass is 16.5. The molecular weight excluding hydrogens is 298 g/mol. The molecule has 24 heavy (non-hydrogen) atoms. The first kappa shape index (κ1) is 18.0. The fourth-order valence-electron chi connectivity index (χ4n) is 2.68. The van der Waals surface area contributed by atoms with Gasteiger partial charge in [-0.15, -0.1) is 0 Å². The van der Waals surface area contributed by atoms with Crippen LogP contribution in [0, 0.1) is 5.41 Å². The molecule has 0 aliphatic rings. The van der Waals surface area contributed by atoms with Gasteiger partial charge in [0, 0.05) is 23.4 Å². The third-order valence-electron chi connectivity index (χ3n) is 4.00. The number of nitrogens with one attached hydrogen (secondary N) is 2. The van der Waals surface area contributed by atoms with Crippen LogP contribution in [0.1, 0.15) is 51.2 Å². The van der Waals surface area contributed by atoms with Crippen molar-refractivity contribution in [3.05, 3.63) is 53.7 Å². The van der Waals surface area contributed by atoms with E-state index < -0.39 is 0 Å². The van der Waals surface area contributed by atoms with E-state index in [2.05, 4.69) is 24.1 Å². The van der Waals surface area contributed by atoms with Crippen LogP contribution in [0.25, 0.3) is 0 Å². The summed E-state index contributed by atoms with van der Waals surface area (Å²) in [6, 6.07) is 11.9. The van der Waals surface area contributed by atoms with Gasteiger partial charge in [0.15, 0.2) is 0 Å². The van der Waals surface area contributed by atoms with Crippen LogP contribution in [0.4, 0.5) is 5.82 Å². The van der Waals surface area contributed by atoms with E-state index in [9.17, 15) is 0 Å². The molecule has 1 aromatic heterocycles. The van der Waals surface area contributed by atoms with E-state index in [0.717, 1.165) is 42.0 Å². The lowest BCUT2D eigenvalue weighted by Gasteiger charge is -2.19. The van der Waals surface area contributed by atoms with Gasteiger partial charge in [0.05, 0.1) is 12.3 Å². The third-order valence-corrected chi connectivity index (χ3v) is 4.00. The Balaban J connectivity index is 2.22. The zero-order chi connectivity index (χ0) is 17.4. The van der Waals surface area contributed by atoms with Crippen LogP contribution < -0.4 is 10.1 Å². The first-order chi connectivity index (χ1) is 11.7. The molecule has 2 aromatic rings. The van der Waals surface area contributed by atoms with Crippen molar-refractivity contribution in [2.45, 2.75) is 46.1 Å². The number of ether oxygens (including phenoxy) is 1. The molecule has 0 spiro atoms. The van der Waals surface area contributed by atoms with Crippen molar-refractivity contribution in [3.8, 4) is 5.75 Å². The van der Waals surface area contributed by atoms with E-state index >= 15 is 0 Å². The first-order valence-electron chi connectivity index (χ1n) is 8.73. The molecule has 0 radical (unpaired) electrons. The molecule has 0 aliphatic heterocycles. The van der Waals surface area contributed by atoms with E-state index in [-0.39, 0.29) is 0 Å². The third kappa shape index (κ3) is 4.57. The van der Waals surface area contributed by atoms with Gasteiger partial charge in [-0.3, -0.25) is 5.41 Å². The summed E-state index contributed by atoms with van der Waals surface area (Å²) >= 11 is 0. The summed E-state index contributed by atoms with van der Waals surface area (Å²) in [7, 11) is 0. The Labute approximate surface area is 144 Å². The topological polar surface area (TPSA) is 58.0 Å². The minimum Gasteiger partial charge on any atom is -0.494 e. The van der Waals surface area contributed by atoms with E-state index in [4.69, 9.17) is 10.1 Å². The van der Waals surface area contributed by atoms with Gasteiger partial charge in [0.2, 0.25) is 0 Å². The van der Waals surface area contributed by atoms with Gasteiger partial charge < -0.3 is 10.1 Å². The van der Waals surface area contributed by atoms with Gasteiger partial charge in [-0.2, -0.15) is 0 Å². The van der Waals surface area contributed by atoms with Crippen molar-refractivity contribution < 1.29 is 4.74 Å². The minimum absolute atomic E-state index is 0.386. The normalized spacial score (nSPS) is 11.8. The van der Waals surface area contributed by atoms with Crippen LogP contribution in [0.2, 0.25) is 0 Å². The van der Waals surface area contributed by atoms with Crippen LogP contribution in [-0.4, -0.2) is 23.3 Å². The Morgan fingerprint density at radius 1 is 1.17 bits per heavy atom. The lowest BCUT2D eigenvalue weighted by molar-refractivity contribution is 0.340. The van der Waals surface area contributed by atoms with Gasteiger partial charge in [-0.25, -0.2) is 4.98 Å². The van der Waals surface area contributed by atoms with Gasteiger partial charge in [-0.05, 0) is 56.2 Å². The molecule has 0 aliphatic carbocycles. The molecule has 1 heterocycles. The van der Waals surface area contributed by atoms with E-state index in [0.29, 0.717) is 18.4 Å². The maximum absolute atomic E-state index is 8.57. The van der Waals surface area contributed by atoms with Crippen molar-refractivity contribution >= 4 is 11.5 Å². The van der Waals surface area contributed by atoms with Crippen LogP contribution in [0.3, 0.4) is 0 Å². The van der Waals surface area contributed by atoms with Gasteiger partial charge in [-0.1, -0.05) is 20.3 Å². The Hall–Kier alpha value is -2.36. The predicted molar refractivity (Wildman–Crippen MR) is 100 cm³/mol. The highest BCUT2D eigenvalue weighted by Gasteiger charge is 2.14. The maximum atomic E-state index is 8.57. The lowest BCUT2D eigenvalue weighted by Crippen LogP contribution is -2.21. The summed E-state index contributed by atoms with van der Waals surface area (Å²) in [6.07, 6.45) is 5.04. The van der Waals surface area contributed by atoms with Gasteiger partial charge >= 0.3 is 0 Å². The van der Waals surface area contributed by atoms with Crippen LogP contribution in [0.15, 0.2) is 42.6 Å². The molecule has 1 unspecified atom stereocenters. The fourth-order valence-corrected chi connectivity index (χ4v) is 2.68. The van der Waals surface area contributed by atoms with E-state index in [1.54, 1.807) is 6.20 Å². The molecule has 1 atom stereocenters. The number of benzene rings is 1. The summed E-state index contributed by atoms with van der Waals surface area (Å²) in [4.78, 5) is 4.47. The van der Waals surface area contributed by atoms with E-state index in [1.165, 1.54) is 0 Å². The molecule has 1 aromatic carbocycles. The molecule has 2 N–H and O–H groups in total. The van der Waals surface area contributed by atoms with Crippen molar-refractivity contribution in [2.75, 3.05) is 11.9 Å². The summed E-state index contributed by atoms with van der Waals surface area (Å²) in [5.74, 6) is 1.62. The molecule has 4 nitrogen and oxygen atoms in total. The Bertz CT molecular complexity index is 652. The molecule has 128 valence electrons. The smallest absolute Gasteiger partial charge is 0.135 e. The van der Waals surface area contributed by atoms with Crippen molar-refractivity contribution in [1.82, 2.24) is 4.98 Å². The predicted octanol–water partition coefficient (Wildman–Crippen LogP) is 4.89. The summed E-state index contributed by atoms with van der Waals surface area (Å²) in [5.41, 5.74) is 2.16. The first-order valence-corrected chi connectivity index (χ1v) is 8.73. The van der Waals surface area contributed by atoms with E-state index in [1.807, 2.05) is 43.3 Å². The number of hydrogen-bond acceptors (Lipinski definition) is 4. The quantitative estimate of drug-likeness (QED) is 0.646. The lowest BCUT2D eigenvalue weighted by atomic mass is 10.0. The molecule has 0 fully saturated rings. The SMILES string of the molecule is CCCC(CC)Nc1ncccc1C(=N)c1ccc(OCC)cc1. The Morgan fingerprint density at radius 2 is 1.92 bits per heavy atom. The molecule has 2 rings (SSSR count). The number of rotatable bonds is 9. The number of aromatic nitrogens is 1. The number of anilines is 1. The minimum atomic E-state index is 0.386. The largest absolute Gasteiger partial charge is 0.494 e. The molecule has 0 saturated carbocycles. The molecular formula is C20H27N3O. The van der Waals surface area contributed by atoms with Crippen molar-refractivity contribution in [1.29, 1.82) is 5.41 Å². The maximum Gasteiger partial charge on any atom is 0.135 e. The van der Waals surface area contributed by atoms with Gasteiger partial charge in [0.25, 0.3) is 0 Å². The molecule has 0 saturated heterocycles. The average Bonchev–Trinajstić information content (AvgIpc) is 2.62. The zero-order valence-electron chi connectivity index (χ0n) is 14.8. The monoisotopic (exact) mass is 325 g/mol. The van der Waals surface area contributed by atoms with Crippen molar-refractivity contribution in [2.24, 2.45) is 0 Å². The van der Waals surface area contributed by atoms with Crippen LogP contribution >= 0.6 is 0 Å². The van der Waals surface area contributed by atoms with Crippen molar-refractivity contribution in [3.63, 3.8) is 0 Å². The summed E-state index contributed by atoms with van der Waals surface area (Å²) in [6.45, 7) is 6.96. The standard InChI is InChI=1S/C20H27N3O/c1-4-8-16(5-2)23-20-18(9-7-14-22-20)19(21)15-10-12-17(13-11-15)24-6-3/h7,9-14,16,21H,4-6,8H2,1-3H3,(H,22,23).